The molecule has 2 rings (SSSR count). The fourth-order valence-corrected chi connectivity index (χ4v) is 2.63. The Labute approximate surface area is 261 Å². The molecule has 1 N–H and O–H groups in total. The Morgan fingerprint density at radius 2 is 1.20 bits per heavy atom. The Hall–Kier alpha value is -2.90. The highest BCUT2D eigenvalue weighted by molar-refractivity contribution is 5.57. The summed E-state index contributed by atoms with van der Waals surface area (Å²) in [5.74, 6) is 0. The second-order valence-electron chi connectivity index (χ2n) is 7.99. The molecule has 2 aromatic carbocycles. The summed E-state index contributed by atoms with van der Waals surface area (Å²) < 4.78 is 0. The molecule has 1 heteroatoms. The molecule has 0 heterocycles. The first-order valence-corrected chi connectivity index (χ1v) is 15.0. The summed E-state index contributed by atoms with van der Waals surface area (Å²) in [6.45, 7) is 42.8. The van der Waals surface area contributed by atoms with Crippen molar-refractivity contribution < 1.29 is 0 Å². The number of allylic oxidation sites excluding steroid dienone is 1. The number of hydrogen-bond donors (Lipinski definition) is 1. The molecule has 0 saturated carbocycles. The Morgan fingerprint density at radius 3 is 1.51 bits per heavy atom. The van der Waals surface area contributed by atoms with Gasteiger partial charge in [-0.3, -0.25) is 0 Å². The van der Waals surface area contributed by atoms with Crippen molar-refractivity contribution in [2.45, 2.75) is 108 Å². The van der Waals surface area contributed by atoms with Crippen molar-refractivity contribution in [3.05, 3.63) is 122 Å². The normalized spacial score (nSPS) is 7.56. The molecule has 2 aromatic rings. The summed E-state index contributed by atoms with van der Waals surface area (Å²) in [7, 11) is 2.00. The number of hydrogen-bond acceptors (Lipinski definition) is 1. The molecular weight excluding hydrogens is 494 g/mol. The van der Waals surface area contributed by atoms with E-state index in [1.165, 1.54) is 60.0 Å². The van der Waals surface area contributed by atoms with Crippen molar-refractivity contribution >= 4 is 12.2 Å². The van der Waals surface area contributed by atoms with Gasteiger partial charge in [-0.05, 0) is 69.0 Å². The Morgan fingerprint density at radius 1 is 0.732 bits per heavy atom. The molecule has 0 unspecified atom stereocenters. The third kappa shape index (κ3) is 44.4. The molecule has 0 aliphatic heterocycles. The smallest absolute Gasteiger partial charge is 0.00519 e. The summed E-state index contributed by atoms with van der Waals surface area (Å²) in [5, 5.41) is 3.10. The van der Waals surface area contributed by atoms with Crippen molar-refractivity contribution in [3.8, 4) is 0 Å². The van der Waals surface area contributed by atoms with Crippen LogP contribution in [-0.4, -0.2) is 13.6 Å². The second kappa shape index (κ2) is 53.4. The highest BCUT2D eigenvalue weighted by Crippen LogP contribution is 2.14. The average Bonchev–Trinajstić information content (AvgIpc) is 3.02. The minimum Gasteiger partial charge on any atom is -0.320 e. The van der Waals surface area contributed by atoms with E-state index in [2.05, 4.69) is 135 Å². The van der Waals surface area contributed by atoms with E-state index in [1.807, 2.05) is 40.0 Å². The van der Waals surface area contributed by atoms with Crippen LogP contribution >= 0.6 is 0 Å². The van der Waals surface area contributed by atoms with Gasteiger partial charge in [0.15, 0.2) is 0 Å². The van der Waals surface area contributed by atoms with Gasteiger partial charge in [-0.25, -0.2) is 0 Å². The van der Waals surface area contributed by atoms with E-state index >= 15 is 0 Å². The maximum absolute atomic E-state index is 3.77. The first kappa shape index (κ1) is 54.2. The van der Waals surface area contributed by atoms with Crippen molar-refractivity contribution in [2.24, 2.45) is 0 Å². The molecule has 41 heavy (non-hydrogen) atoms. The van der Waals surface area contributed by atoms with Crippen LogP contribution < -0.4 is 5.32 Å². The standard InChI is InChI=1S/C12H14.C9H12.C6H15N.C3H8.C3H6.C2H6.2C2H4.CH4/c1-4-10-7-8-11(5-2)12(6-3)9-10;1-3-9-6-4-8(2)5-7-9;1-3-4-5-6-7-2;2*1-3-2;3*1-2;/h4-5,7-9H,1-2,6H2,3H3;4-7H,3H2,1-2H3;7H,3-6H2,1-2H3;3H2,1-2H3;3H,1H2,2H3;1-2H3;2*1-2H2;1H4. The summed E-state index contributed by atoms with van der Waals surface area (Å²) in [6, 6.07) is 15.0. The molecule has 0 fully saturated rings. The van der Waals surface area contributed by atoms with Gasteiger partial charge in [0.25, 0.3) is 0 Å². The lowest BCUT2D eigenvalue weighted by Gasteiger charge is -2.03. The maximum Gasteiger partial charge on any atom is -0.00519 e. The van der Waals surface area contributed by atoms with Gasteiger partial charge in [-0.15, -0.1) is 32.9 Å². The first-order valence-electron chi connectivity index (χ1n) is 15.0. The van der Waals surface area contributed by atoms with Crippen LogP contribution in [0.15, 0.2) is 94.6 Å². The summed E-state index contributed by atoms with van der Waals surface area (Å²) >= 11 is 0. The third-order valence-electron chi connectivity index (χ3n) is 4.56. The molecule has 0 spiro atoms. The van der Waals surface area contributed by atoms with Crippen molar-refractivity contribution in [2.75, 3.05) is 13.6 Å². The van der Waals surface area contributed by atoms with Gasteiger partial charge in [0, 0.05) is 0 Å². The van der Waals surface area contributed by atoms with E-state index in [9.17, 15) is 0 Å². The SMILES string of the molecule is C.C=C.C=C.C=CC.C=Cc1ccc(C=C)c(CC)c1.CC.CCC.CCCCCNC.CCc1ccc(C)cc1. The highest BCUT2D eigenvalue weighted by Gasteiger charge is 1.96. The van der Waals surface area contributed by atoms with Crippen LogP contribution in [0.1, 0.15) is 116 Å². The predicted molar refractivity (Wildman–Crippen MR) is 202 cm³/mol. The van der Waals surface area contributed by atoms with E-state index in [0.29, 0.717) is 0 Å². The summed E-state index contributed by atoms with van der Waals surface area (Å²) in [5.41, 5.74) is 6.50. The van der Waals surface area contributed by atoms with Crippen LogP contribution in [0.5, 0.6) is 0 Å². The molecule has 0 aliphatic rings. The van der Waals surface area contributed by atoms with Gasteiger partial charge >= 0.3 is 0 Å². The minimum absolute atomic E-state index is 0. The van der Waals surface area contributed by atoms with Crippen LogP contribution in [0.25, 0.3) is 12.2 Å². The molecule has 238 valence electrons. The van der Waals surface area contributed by atoms with E-state index in [4.69, 9.17) is 0 Å². The lowest BCUT2D eigenvalue weighted by molar-refractivity contribution is 0.667. The predicted octanol–water partition coefficient (Wildman–Crippen LogP) is 13.4. The van der Waals surface area contributed by atoms with E-state index in [0.717, 1.165) is 12.8 Å². The average molecular weight is 568 g/mol. The molecule has 0 saturated heterocycles. The molecular formula is C40H73N. The Bertz CT molecular complexity index is 734. The highest BCUT2D eigenvalue weighted by atomic mass is 14.8. The van der Waals surface area contributed by atoms with Gasteiger partial charge in [0.2, 0.25) is 0 Å². The van der Waals surface area contributed by atoms with Gasteiger partial charge in [-0.2, -0.15) is 0 Å². The molecule has 1 nitrogen and oxygen atoms in total. The first-order chi connectivity index (χ1) is 19.4. The zero-order valence-electron chi connectivity index (χ0n) is 28.7. The van der Waals surface area contributed by atoms with Gasteiger partial charge in [-0.1, -0.05) is 155 Å². The van der Waals surface area contributed by atoms with Crippen molar-refractivity contribution in [3.63, 3.8) is 0 Å². The number of rotatable bonds is 8. The summed E-state index contributed by atoms with van der Waals surface area (Å²) in [4.78, 5) is 0. The minimum atomic E-state index is 0. The quantitative estimate of drug-likeness (QED) is 0.247. The van der Waals surface area contributed by atoms with Crippen LogP contribution in [0.3, 0.4) is 0 Å². The van der Waals surface area contributed by atoms with E-state index in [1.54, 1.807) is 6.08 Å². The third-order valence-corrected chi connectivity index (χ3v) is 4.56. The Kier molecular flexibility index (Phi) is 70.6. The van der Waals surface area contributed by atoms with Crippen LogP contribution in [0, 0.1) is 6.92 Å². The van der Waals surface area contributed by atoms with Crippen molar-refractivity contribution in [1.29, 1.82) is 0 Å². The van der Waals surface area contributed by atoms with Crippen LogP contribution in [0.2, 0.25) is 0 Å². The van der Waals surface area contributed by atoms with Crippen molar-refractivity contribution in [1.82, 2.24) is 5.32 Å². The maximum atomic E-state index is 3.77. The number of aryl methyl sites for hydroxylation is 3. The van der Waals surface area contributed by atoms with Gasteiger partial charge in [0.05, 0.1) is 0 Å². The zero-order chi connectivity index (χ0) is 32.6. The van der Waals surface area contributed by atoms with Gasteiger partial charge < -0.3 is 5.32 Å². The zero-order valence-corrected chi connectivity index (χ0v) is 28.7. The van der Waals surface area contributed by atoms with Gasteiger partial charge in [0.1, 0.15) is 0 Å². The van der Waals surface area contributed by atoms with Crippen LogP contribution in [0.4, 0.5) is 0 Å². The molecule has 0 atom stereocenters. The molecule has 0 bridgehead atoms. The Balaban J connectivity index is -0.0000000717. The molecule has 0 aliphatic carbocycles. The molecule has 0 radical (unpaired) electrons. The molecule has 0 amide bonds. The fourth-order valence-electron chi connectivity index (χ4n) is 2.63. The number of benzene rings is 2. The topological polar surface area (TPSA) is 12.0 Å². The number of unbranched alkanes of at least 4 members (excludes halogenated alkanes) is 2. The van der Waals surface area contributed by atoms with E-state index < -0.39 is 0 Å². The fraction of sp³-hybridized carbons (Fsp3) is 0.450. The van der Waals surface area contributed by atoms with Crippen LogP contribution in [-0.2, 0) is 12.8 Å². The summed E-state index contributed by atoms with van der Waals surface area (Å²) in [6.07, 6.45) is 13.0. The lowest BCUT2D eigenvalue weighted by atomic mass is 10.0. The number of nitrogens with one attached hydrogen (secondary N) is 1. The lowest BCUT2D eigenvalue weighted by Crippen LogP contribution is -2.06. The van der Waals surface area contributed by atoms with E-state index in [-0.39, 0.29) is 7.43 Å². The second-order valence-corrected chi connectivity index (χ2v) is 7.99. The monoisotopic (exact) mass is 568 g/mol. The molecule has 0 aromatic heterocycles. The largest absolute Gasteiger partial charge is 0.320 e.